The smallest absolute Gasteiger partial charge is 0.326 e. The van der Waals surface area contributed by atoms with Crippen LogP contribution in [0.2, 0.25) is 0 Å². The van der Waals surface area contributed by atoms with Crippen LogP contribution in [-0.2, 0) is 35.2 Å². The van der Waals surface area contributed by atoms with Crippen molar-refractivity contribution in [3.05, 3.63) is 33.1 Å². The first-order chi connectivity index (χ1) is 13.0. The van der Waals surface area contributed by atoms with Crippen LogP contribution in [0.25, 0.3) is 10.2 Å². The molecule has 0 aliphatic rings. The summed E-state index contributed by atoms with van der Waals surface area (Å²) in [6, 6.07) is 4.00. The molecule has 0 saturated carbocycles. The first-order valence-corrected chi connectivity index (χ1v) is 10.6. The number of benzene rings is 1. The largest absolute Gasteiger partial charge is 0.465 e. The van der Waals surface area contributed by atoms with Crippen LogP contribution in [-0.4, -0.2) is 48.9 Å². The van der Waals surface area contributed by atoms with E-state index in [-0.39, 0.29) is 23.6 Å². The Bertz CT molecular complexity index is 1140. The van der Waals surface area contributed by atoms with Gasteiger partial charge >= 0.3 is 5.97 Å². The first-order valence-electron chi connectivity index (χ1n) is 7.91. The van der Waals surface area contributed by atoms with Gasteiger partial charge in [-0.3, -0.25) is 28.7 Å². The number of aromatic nitrogens is 1. The summed E-state index contributed by atoms with van der Waals surface area (Å²) in [5.74, 6) is 1.16. The second kappa shape index (κ2) is 8.44. The third kappa shape index (κ3) is 4.89. The highest BCUT2D eigenvalue weighted by Crippen LogP contribution is 2.23. The molecule has 1 unspecified atom stereocenters. The van der Waals surface area contributed by atoms with Crippen molar-refractivity contribution in [3.8, 4) is 0 Å². The van der Waals surface area contributed by atoms with Gasteiger partial charge in [-0.2, -0.15) is 4.99 Å². The highest BCUT2D eigenvalue weighted by molar-refractivity contribution is 8.14. The normalized spacial score (nSPS) is 13.9. The lowest BCUT2D eigenvalue weighted by atomic mass is 10.3. The second-order valence-corrected chi connectivity index (χ2v) is 9.13. The average molecular weight is 427 g/mol. The monoisotopic (exact) mass is 427 g/mol. The Morgan fingerprint density at radius 1 is 1.39 bits per heavy atom. The van der Waals surface area contributed by atoms with Crippen molar-refractivity contribution in [1.29, 1.82) is 0 Å². The van der Waals surface area contributed by atoms with Gasteiger partial charge in [0.05, 0.1) is 21.7 Å². The summed E-state index contributed by atoms with van der Waals surface area (Å²) in [5, 5.41) is 10.3. The Balaban J connectivity index is 2.58. The van der Waals surface area contributed by atoms with Crippen LogP contribution in [0.4, 0.5) is 5.69 Å². The molecule has 1 heterocycles. The Morgan fingerprint density at radius 3 is 2.64 bits per heavy atom. The number of fused-ring (bicyclic) bond motifs is 1. The zero-order valence-electron chi connectivity index (χ0n) is 15.1. The van der Waals surface area contributed by atoms with E-state index >= 15 is 0 Å². The van der Waals surface area contributed by atoms with E-state index in [0.29, 0.717) is 10.2 Å². The molecule has 0 radical (unpaired) electrons. The molecule has 0 bridgehead atoms. The summed E-state index contributed by atoms with van der Waals surface area (Å²) >= 11 is 0.943. The molecule has 1 amide bonds. The summed E-state index contributed by atoms with van der Waals surface area (Å²) in [6.07, 6.45) is 0. The van der Waals surface area contributed by atoms with Crippen LogP contribution in [0.1, 0.15) is 13.8 Å². The van der Waals surface area contributed by atoms with Crippen molar-refractivity contribution in [2.24, 2.45) is 4.99 Å². The number of nitro benzene ring substituents is 1. The zero-order valence-corrected chi connectivity index (χ0v) is 16.7. The molecule has 0 aliphatic carbocycles. The topological polar surface area (TPSA) is 138 Å². The van der Waals surface area contributed by atoms with E-state index in [4.69, 9.17) is 4.74 Å². The van der Waals surface area contributed by atoms with Crippen LogP contribution < -0.4 is 4.80 Å². The number of rotatable bonds is 6. The quantitative estimate of drug-likeness (QED) is 0.288. The number of nitrogens with zero attached hydrogens (tertiary/aromatic N) is 3. The maximum absolute atomic E-state index is 12.2. The number of non-ortho nitro benzene ring substituents is 1. The predicted octanol–water partition coefficient (Wildman–Crippen LogP) is 0.864. The lowest BCUT2D eigenvalue weighted by Crippen LogP contribution is -2.26. The highest BCUT2D eigenvalue weighted by atomic mass is 32.2. The molecule has 0 fully saturated rings. The van der Waals surface area contributed by atoms with Gasteiger partial charge in [0.25, 0.3) is 11.6 Å². The van der Waals surface area contributed by atoms with Crippen molar-refractivity contribution in [3.63, 3.8) is 0 Å². The molecule has 1 aromatic carbocycles. The Morgan fingerprint density at radius 2 is 2.07 bits per heavy atom. The molecule has 1 atom stereocenters. The van der Waals surface area contributed by atoms with Gasteiger partial charge in [0.1, 0.15) is 12.3 Å². The number of ether oxygens (including phenoxy) is 1. The number of thiazole rings is 1. The van der Waals surface area contributed by atoms with Crippen molar-refractivity contribution in [1.82, 2.24) is 4.57 Å². The molecule has 0 spiro atoms. The number of carbonyl (C=O) groups excluding carboxylic acids is 3. The molecule has 12 heteroatoms. The Labute approximate surface area is 163 Å². The van der Waals surface area contributed by atoms with Gasteiger partial charge in [-0.25, -0.2) is 0 Å². The van der Waals surface area contributed by atoms with Crippen LogP contribution in [0.3, 0.4) is 0 Å². The van der Waals surface area contributed by atoms with Crippen molar-refractivity contribution in [2.75, 3.05) is 12.4 Å². The fourth-order valence-corrected chi connectivity index (χ4v) is 3.94. The van der Waals surface area contributed by atoms with Crippen LogP contribution in [0, 0.1) is 10.1 Å². The average Bonchev–Trinajstić information content (AvgIpc) is 2.90. The summed E-state index contributed by atoms with van der Waals surface area (Å²) in [7, 11) is -3.28. The molecular weight excluding hydrogens is 410 g/mol. The van der Waals surface area contributed by atoms with Crippen molar-refractivity contribution in [2.45, 2.75) is 20.4 Å². The third-order valence-corrected chi connectivity index (χ3v) is 6.37. The fraction of sp³-hybridized carbons (Fsp3) is 0.312. The lowest BCUT2D eigenvalue weighted by molar-refractivity contribution is -0.384. The third-order valence-electron chi connectivity index (χ3n) is 3.57. The number of hydrogen-bond donors (Lipinski definition) is 0. The van der Waals surface area contributed by atoms with Crippen LogP contribution in [0.5, 0.6) is 0 Å². The number of nitro groups is 1. The van der Waals surface area contributed by atoms with Crippen LogP contribution >= 0.6 is 11.3 Å². The minimum Gasteiger partial charge on any atom is -0.465 e. The van der Waals surface area contributed by atoms with Gasteiger partial charge in [0.15, 0.2) is 4.80 Å². The van der Waals surface area contributed by atoms with E-state index in [0.717, 1.165) is 18.3 Å². The fourth-order valence-electron chi connectivity index (χ4n) is 2.19. The molecule has 0 saturated heterocycles. The first kappa shape index (κ1) is 21.4. The van der Waals surface area contributed by atoms with E-state index in [9.17, 15) is 28.7 Å². The predicted molar refractivity (Wildman–Crippen MR) is 104 cm³/mol. The summed E-state index contributed by atoms with van der Waals surface area (Å²) in [4.78, 5) is 49.7. The molecule has 2 aromatic rings. The van der Waals surface area contributed by atoms with E-state index < -0.39 is 37.2 Å². The minimum atomic E-state index is -3.28. The maximum Gasteiger partial charge on any atom is 0.326 e. The van der Waals surface area contributed by atoms with Gasteiger partial charge in [-0.15, -0.1) is 0 Å². The molecule has 2 rings (SSSR count). The SMILES string of the molecule is C=S(=O)(CC(=O)N=c1sc2cc([N+](=O)[O-])ccc2n1CC(=O)OCC)C(C)=O. The Hall–Kier alpha value is -2.86. The lowest BCUT2D eigenvalue weighted by Gasteiger charge is -2.05. The number of esters is 1. The molecule has 0 N–H and O–H groups in total. The highest BCUT2D eigenvalue weighted by Gasteiger charge is 2.18. The van der Waals surface area contributed by atoms with Gasteiger partial charge in [0.2, 0.25) is 5.12 Å². The summed E-state index contributed by atoms with van der Waals surface area (Å²) in [6.45, 7) is 2.59. The second-order valence-electron chi connectivity index (χ2n) is 5.64. The number of hydrogen-bond acceptors (Lipinski definition) is 8. The van der Waals surface area contributed by atoms with E-state index in [1.807, 2.05) is 0 Å². The molecule has 1 aromatic heterocycles. The standard InChI is InChI=1S/C16H17N3O7S2/c1-4-26-15(22)8-18-12-6-5-11(19(23)24)7-13(12)27-16(18)17-14(21)9-28(3,25)10(2)20/h5-7H,3-4,8-9H2,1-2H3. The zero-order chi connectivity index (χ0) is 21.1. The summed E-state index contributed by atoms with van der Waals surface area (Å²) in [5.41, 5.74) is 0.282. The minimum absolute atomic E-state index is 0.0623. The number of amides is 1. The molecule has 10 nitrogen and oxygen atoms in total. The molecule has 28 heavy (non-hydrogen) atoms. The van der Waals surface area contributed by atoms with Crippen molar-refractivity contribution < 1.29 is 28.3 Å². The Kier molecular flexibility index (Phi) is 6.46. The molecule has 0 aliphatic heterocycles. The van der Waals surface area contributed by atoms with E-state index in [1.165, 1.54) is 22.8 Å². The van der Waals surface area contributed by atoms with Crippen LogP contribution in [0.15, 0.2) is 23.2 Å². The van der Waals surface area contributed by atoms with E-state index in [2.05, 4.69) is 10.9 Å². The van der Waals surface area contributed by atoms with E-state index in [1.54, 1.807) is 6.92 Å². The van der Waals surface area contributed by atoms with Gasteiger partial charge in [-0.1, -0.05) is 11.3 Å². The number of carbonyl (C=O) groups is 3. The van der Waals surface area contributed by atoms with Gasteiger partial charge in [0, 0.05) is 28.6 Å². The molecular formula is C16H17N3O7S2. The maximum atomic E-state index is 12.2. The van der Waals surface area contributed by atoms with Crippen molar-refractivity contribution >= 4 is 59.6 Å². The summed E-state index contributed by atoms with van der Waals surface area (Å²) < 4.78 is 18.7. The van der Waals surface area contributed by atoms with Gasteiger partial charge < -0.3 is 9.30 Å². The molecule has 150 valence electrons. The van der Waals surface area contributed by atoms with Gasteiger partial charge in [-0.05, 0) is 18.9 Å².